The van der Waals surface area contributed by atoms with Crippen molar-refractivity contribution in [3.05, 3.63) is 23.4 Å². The number of rotatable bonds is 2. The number of pyridine rings is 1. The lowest BCUT2D eigenvalue weighted by atomic mass is 10.4. The van der Waals surface area contributed by atoms with Crippen molar-refractivity contribution in [3.63, 3.8) is 0 Å². The Morgan fingerprint density at radius 3 is 2.93 bits per heavy atom. The van der Waals surface area contributed by atoms with Gasteiger partial charge >= 0.3 is 6.09 Å². The molecule has 0 unspecified atom stereocenters. The standard InChI is InChI=1S/C9H8Cl2N2O2/c10-3-7-5-13(9(14)15-7)8-2-1-6(11)4-12-8/h1-2,4,7H,3,5H2/t7-/m1/s1. The molecular weight excluding hydrogens is 239 g/mol. The second kappa shape index (κ2) is 4.24. The molecule has 1 aliphatic heterocycles. The fourth-order valence-electron chi connectivity index (χ4n) is 1.32. The Balaban J connectivity index is 2.18. The number of nitrogens with zero attached hydrogens (tertiary/aromatic N) is 2. The molecule has 1 saturated heterocycles. The molecule has 0 aliphatic carbocycles. The summed E-state index contributed by atoms with van der Waals surface area (Å²) in [7, 11) is 0. The zero-order valence-electron chi connectivity index (χ0n) is 7.69. The Labute approximate surface area is 96.7 Å². The molecule has 0 saturated carbocycles. The maximum absolute atomic E-state index is 11.4. The average Bonchev–Trinajstić information content (AvgIpc) is 2.61. The van der Waals surface area contributed by atoms with E-state index in [-0.39, 0.29) is 12.0 Å². The van der Waals surface area contributed by atoms with Crippen LogP contribution in [0.15, 0.2) is 18.3 Å². The zero-order chi connectivity index (χ0) is 10.8. The van der Waals surface area contributed by atoms with Gasteiger partial charge in [0.15, 0.2) is 0 Å². The highest BCUT2D eigenvalue weighted by Gasteiger charge is 2.32. The van der Waals surface area contributed by atoms with Gasteiger partial charge in [-0.15, -0.1) is 11.6 Å². The molecule has 0 bridgehead atoms. The molecule has 2 heterocycles. The van der Waals surface area contributed by atoms with Crippen LogP contribution in [0.2, 0.25) is 5.02 Å². The van der Waals surface area contributed by atoms with Crippen molar-refractivity contribution in [2.24, 2.45) is 0 Å². The summed E-state index contributed by atoms with van der Waals surface area (Å²) in [6.07, 6.45) is 0.796. The van der Waals surface area contributed by atoms with Gasteiger partial charge in [0.1, 0.15) is 11.9 Å². The van der Waals surface area contributed by atoms with Gasteiger partial charge in [0.05, 0.1) is 17.4 Å². The van der Waals surface area contributed by atoms with Crippen LogP contribution >= 0.6 is 23.2 Å². The van der Waals surface area contributed by atoms with Gasteiger partial charge in [0, 0.05) is 6.20 Å². The van der Waals surface area contributed by atoms with E-state index in [2.05, 4.69) is 4.98 Å². The third-order valence-corrected chi connectivity index (χ3v) is 2.60. The highest BCUT2D eigenvalue weighted by atomic mass is 35.5. The molecule has 1 aromatic heterocycles. The second-order valence-corrected chi connectivity index (χ2v) is 3.85. The van der Waals surface area contributed by atoms with Crippen molar-refractivity contribution in [2.45, 2.75) is 6.10 Å². The smallest absolute Gasteiger partial charge is 0.415 e. The molecule has 0 N–H and O–H groups in total. The fraction of sp³-hybridized carbons (Fsp3) is 0.333. The molecule has 1 amide bonds. The number of aromatic nitrogens is 1. The number of alkyl halides is 1. The van der Waals surface area contributed by atoms with E-state index in [4.69, 9.17) is 27.9 Å². The van der Waals surface area contributed by atoms with Crippen molar-refractivity contribution < 1.29 is 9.53 Å². The van der Waals surface area contributed by atoms with Crippen LogP contribution in [0.4, 0.5) is 10.6 Å². The van der Waals surface area contributed by atoms with E-state index in [0.29, 0.717) is 17.4 Å². The zero-order valence-corrected chi connectivity index (χ0v) is 9.20. The van der Waals surface area contributed by atoms with Gasteiger partial charge < -0.3 is 4.74 Å². The number of anilines is 1. The first-order chi connectivity index (χ1) is 7.20. The Hall–Kier alpha value is -1.00. The predicted octanol–water partition coefficient (Wildman–Crippen LogP) is 2.30. The molecule has 2 rings (SSSR count). The molecule has 1 atom stereocenters. The van der Waals surface area contributed by atoms with Crippen molar-refractivity contribution in [1.82, 2.24) is 4.98 Å². The highest BCUT2D eigenvalue weighted by molar-refractivity contribution is 6.30. The van der Waals surface area contributed by atoms with E-state index in [1.165, 1.54) is 11.1 Å². The third kappa shape index (κ3) is 2.16. The number of carbonyl (C=O) groups excluding carboxylic acids is 1. The number of amides is 1. The number of carbonyl (C=O) groups is 1. The molecule has 0 aromatic carbocycles. The quantitative estimate of drug-likeness (QED) is 0.753. The van der Waals surface area contributed by atoms with Gasteiger partial charge in [0.2, 0.25) is 0 Å². The highest BCUT2D eigenvalue weighted by Crippen LogP contribution is 2.21. The van der Waals surface area contributed by atoms with Crippen LogP contribution in [-0.4, -0.2) is 29.6 Å². The van der Waals surface area contributed by atoms with Crippen molar-refractivity contribution in [2.75, 3.05) is 17.3 Å². The SMILES string of the molecule is O=C1O[C@H](CCl)CN1c1ccc(Cl)cn1. The predicted molar refractivity (Wildman–Crippen MR) is 57.6 cm³/mol. The summed E-state index contributed by atoms with van der Waals surface area (Å²) >= 11 is 11.3. The van der Waals surface area contributed by atoms with Crippen molar-refractivity contribution in [1.29, 1.82) is 0 Å². The van der Waals surface area contributed by atoms with Gasteiger partial charge in [-0.05, 0) is 12.1 Å². The minimum absolute atomic E-state index is 0.267. The Morgan fingerprint density at radius 1 is 1.60 bits per heavy atom. The molecular formula is C9H8Cl2N2O2. The molecule has 80 valence electrons. The lowest BCUT2D eigenvalue weighted by Gasteiger charge is -2.10. The summed E-state index contributed by atoms with van der Waals surface area (Å²) in [6.45, 7) is 0.428. The van der Waals surface area contributed by atoms with Gasteiger partial charge in [-0.1, -0.05) is 11.6 Å². The first-order valence-corrected chi connectivity index (χ1v) is 5.27. The summed E-state index contributed by atoms with van der Waals surface area (Å²) < 4.78 is 4.99. The van der Waals surface area contributed by atoms with E-state index in [9.17, 15) is 4.79 Å². The van der Waals surface area contributed by atoms with E-state index in [0.717, 1.165) is 0 Å². The van der Waals surface area contributed by atoms with Crippen LogP contribution in [0.3, 0.4) is 0 Å². The Kier molecular flexibility index (Phi) is 2.98. The number of hydrogen-bond donors (Lipinski definition) is 0. The van der Waals surface area contributed by atoms with Crippen LogP contribution in [0.1, 0.15) is 0 Å². The first-order valence-electron chi connectivity index (χ1n) is 4.36. The topological polar surface area (TPSA) is 42.4 Å². The van der Waals surface area contributed by atoms with Gasteiger partial charge in [-0.3, -0.25) is 4.90 Å². The number of cyclic esters (lactones) is 1. The Morgan fingerprint density at radius 2 is 2.40 bits per heavy atom. The van der Waals surface area contributed by atoms with Crippen LogP contribution in [0, 0.1) is 0 Å². The molecule has 0 radical (unpaired) electrons. The van der Waals surface area contributed by atoms with Crippen LogP contribution in [-0.2, 0) is 4.74 Å². The third-order valence-electron chi connectivity index (χ3n) is 2.03. The summed E-state index contributed by atoms with van der Waals surface area (Å²) in [5.41, 5.74) is 0. The first kappa shape index (κ1) is 10.5. The minimum atomic E-state index is -0.421. The largest absolute Gasteiger partial charge is 0.443 e. The number of hydrogen-bond acceptors (Lipinski definition) is 3. The fourth-order valence-corrected chi connectivity index (χ4v) is 1.59. The average molecular weight is 247 g/mol. The number of ether oxygens (including phenoxy) is 1. The van der Waals surface area contributed by atoms with E-state index >= 15 is 0 Å². The molecule has 4 nitrogen and oxygen atoms in total. The minimum Gasteiger partial charge on any atom is -0.443 e. The van der Waals surface area contributed by atoms with Crippen molar-refractivity contribution in [3.8, 4) is 0 Å². The van der Waals surface area contributed by atoms with E-state index in [1.807, 2.05) is 0 Å². The second-order valence-electron chi connectivity index (χ2n) is 3.11. The van der Waals surface area contributed by atoms with Crippen LogP contribution in [0.25, 0.3) is 0 Å². The molecule has 15 heavy (non-hydrogen) atoms. The van der Waals surface area contributed by atoms with Crippen LogP contribution in [0.5, 0.6) is 0 Å². The molecule has 1 fully saturated rings. The summed E-state index contributed by atoms with van der Waals surface area (Å²) in [6, 6.07) is 3.34. The van der Waals surface area contributed by atoms with Gasteiger partial charge in [0.25, 0.3) is 0 Å². The van der Waals surface area contributed by atoms with E-state index in [1.54, 1.807) is 12.1 Å². The van der Waals surface area contributed by atoms with E-state index < -0.39 is 6.09 Å². The van der Waals surface area contributed by atoms with Crippen molar-refractivity contribution >= 4 is 35.1 Å². The lowest BCUT2D eigenvalue weighted by molar-refractivity contribution is 0.151. The number of halogens is 2. The maximum atomic E-state index is 11.4. The van der Waals surface area contributed by atoms with Gasteiger partial charge in [-0.2, -0.15) is 0 Å². The summed E-state index contributed by atoms with van der Waals surface area (Å²) in [5.74, 6) is 0.813. The maximum Gasteiger partial charge on any atom is 0.415 e. The molecule has 0 spiro atoms. The Bertz CT molecular complexity index is 369. The molecule has 6 heteroatoms. The molecule has 1 aromatic rings. The molecule has 1 aliphatic rings. The summed E-state index contributed by atoms with van der Waals surface area (Å²) in [4.78, 5) is 16.9. The summed E-state index contributed by atoms with van der Waals surface area (Å²) in [5, 5.41) is 0.528. The van der Waals surface area contributed by atoms with Gasteiger partial charge in [-0.25, -0.2) is 9.78 Å². The van der Waals surface area contributed by atoms with Crippen LogP contribution < -0.4 is 4.90 Å². The monoisotopic (exact) mass is 246 g/mol. The lowest BCUT2D eigenvalue weighted by Crippen LogP contribution is -2.25. The normalized spacial score (nSPS) is 20.5.